The molecule has 0 N–H and O–H groups in total. The molecule has 0 bridgehead atoms. The van der Waals surface area contributed by atoms with Crippen LogP contribution in [0.1, 0.15) is 20.5 Å². The average molecular weight is 411 g/mol. The molecular weight excluding hydrogens is 396 g/mol. The Morgan fingerprint density at radius 2 is 1.91 bits per heavy atom. The molecule has 6 heteroatoms. The number of thioether (sulfide) groups is 2. The second-order valence-corrected chi connectivity index (χ2v) is 8.52. The van der Waals surface area contributed by atoms with E-state index in [1.54, 1.807) is 25.3 Å². The van der Waals surface area contributed by atoms with Crippen LogP contribution in [0.25, 0.3) is 0 Å². The number of methoxy groups -OCH3 is 1. The van der Waals surface area contributed by atoms with Crippen LogP contribution >= 0.6 is 39.5 Å². The molecule has 2 aromatic rings. The van der Waals surface area contributed by atoms with Crippen molar-refractivity contribution in [1.29, 1.82) is 0 Å². The van der Waals surface area contributed by atoms with Crippen molar-refractivity contribution in [3.63, 3.8) is 0 Å². The number of rotatable bonds is 4. The van der Waals surface area contributed by atoms with Gasteiger partial charge < -0.3 is 9.47 Å². The average Bonchev–Trinajstić information content (AvgIpc) is 3.09. The van der Waals surface area contributed by atoms with E-state index in [0.29, 0.717) is 21.6 Å². The quantitative estimate of drug-likeness (QED) is 0.513. The molecule has 2 aromatic carbocycles. The molecule has 0 aromatic heterocycles. The molecule has 1 aliphatic rings. The van der Waals surface area contributed by atoms with Crippen molar-refractivity contribution in [2.75, 3.05) is 18.6 Å². The van der Waals surface area contributed by atoms with E-state index in [9.17, 15) is 4.79 Å². The zero-order chi connectivity index (χ0) is 16.2. The molecule has 0 saturated carbocycles. The number of ether oxygens (including phenoxy) is 2. The topological polar surface area (TPSA) is 35.5 Å². The van der Waals surface area contributed by atoms with Gasteiger partial charge in [0.25, 0.3) is 0 Å². The van der Waals surface area contributed by atoms with Gasteiger partial charge in [-0.15, -0.1) is 23.5 Å². The molecule has 0 amide bonds. The van der Waals surface area contributed by atoms with Gasteiger partial charge in [0, 0.05) is 16.0 Å². The summed E-state index contributed by atoms with van der Waals surface area (Å²) in [5.41, 5.74) is 1.68. The lowest BCUT2D eigenvalue weighted by molar-refractivity contribution is 0.0729. The molecule has 0 unspecified atom stereocenters. The van der Waals surface area contributed by atoms with Crippen molar-refractivity contribution < 1.29 is 14.3 Å². The fourth-order valence-corrected chi connectivity index (χ4v) is 5.48. The third-order valence-corrected chi connectivity index (χ3v) is 6.94. The van der Waals surface area contributed by atoms with E-state index in [0.717, 1.165) is 16.0 Å². The number of carbonyl (C=O) groups excluding carboxylic acids is 1. The fraction of sp³-hybridized carbons (Fsp3) is 0.235. The van der Waals surface area contributed by atoms with E-state index in [4.69, 9.17) is 9.47 Å². The summed E-state index contributed by atoms with van der Waals surface area (Å²) < 4.78 is 12.2. The molecular formula is C17H15BrO3S2. The smallest absolute Gasteiger partial charge is 0.343 e. The minimum Gasteiger partial charge on any atom is -0.493 e. The Balaban J connectivity index is 1.80. The third-order valence-electron chi connectivity index (χ3n) is 3.34. The van der Waals surface area contributed by atoms with Crippen molar-refractivity contribution in [2.24, 2.45) is 0 Å². The number of esters is 1. The van der Waals surface area contributed by atoms with Crippen LogP contribution < -0.4 is 9.47 Å². The SMILES string of the molecule is COc1cc(C2SCCS2)ccc1OC(=O)c1cccc(Br)c1. The Bertz CT molecular complexity index is 715. The highest BCUT2D eigenvalue weighted by atomic mass is 79.9. The lowest BCUT2D eigenvalue weighted by Gasteiger charge is -2.13. The van der Waals surface area contributed by atoms with Crippen molar-refractivity contribution in [3.8, 4) is 11.5 Å². The second kappa shape index (κ2) is 7.64. The van der Waals surface area contributed by atoms with Gasteiger partial charge >= 0.3 is 5.97 Å². The molecule has 0 aliphatic carbocycles. The molecule has 0 atom stereocenters. The molecule has 1 aliphatic heterocycles. The van der Waals surface area contributed by atoms with Crippen LogP contribution in [0.2, 0.25) is 0 Å². The minimum absolute atomic E-state index is 0.401. The van der Waals surface area contributed by atoms with Crippen LogP contribution in [0.15, 0.2) is 46.9 Å². The molecule has 1 heterocycles. The number of carbonyl (C=O) groups is 1. The van der Waals surface area contributed by atoms with E-state index in [2.05, 4.69) is 15.9 Å². The monoisotopic (exact) mass is 410 g/mol. The number of halogens is 1. The highest BCUT2D eigenvalue weighted by Gasteiger charge is 2.20. The molecule has 3 rings (SSSR count). The largest absolute Gasteiger partial charge is 0.493 e. The summed E-state index contributed by atoms with van der Waals surface area (Å²) in [7, 11) is 1.59. The fourth-order valence-electron chi connectivity index (χ4n) is 2.24. The minimum atomic E-state index is -0.401. The van der Waals surface area contributed by atoms with Crippen molar-refractivity contribution >= 4 is 45.4 Å². The Morgan fingerprint density at radius 3 is 2.61 bits per heavy atom. The molecule has 0 spiro atoms. The predicted molar refractivity (Wildman–Crippen MR) is 99.8 cm³/mol. The van der Waals surface area contributed by atoms with Gasteiger partial charge in [0.15, 0.2) is 11.5 Å². The van der Waals surface area contributed by atoms with E-state index in [1.165, 1.54) is 5.56 Å². The Kier molecular flexibility index (Phi) is 5.56. The maximum Gasteiger partial charge on any atom is 0.343 e. The number of benzene rings is 2. The van der Waals surface area contributed by atoms with Gasteiger partial charge in [-0.05, 0) is 35.9 Å². The number of hydrogen-bond acceptors (Lipinski definition) is 5. The lowest BCUT2D eigenvalue weighted by atomic mass is 10.2. The lowest BCUT2D eigenvalue weighted by Crippen LogP contribution is -2.09. The first-order valence-corrected chi connectivity index (χ1v) is 9.95. The zero-order valence-corrected chi connectivity index (χ0v) is 15.7. The molecule has 1 saturated heterocycles. The summed E-state index contributed by atoms with van der Waals surface area (Å²) in [5, 5.41) is 0. The van der Waals surface area contributed by atoms with Gasteiger partial charge in [-0.25, -0.2) is 4.79 Å². The Labute approximate surface area is 152 Å². The van der Waals surface area contributed by atoms with Gasteiger partial charge in [0.2, 0.25) is 0 Å². The highest BCUT2D eigenvalue weighted by molar-refractivity contribution is 9.10. The normalized spacial score (nSPS) is 14.7. The molecule has 0 radical (unpaired) electrons. The maximum absolute atomic E-state index is 12.3. The van der Waals surface area contributed by atoms with Gasteiger partial charge in [0.1, 0.15) is 0 Å². The molecule has 3 nitrogen and oxygen atoms in total. The van der Waals surface area contributed by atoms with Crippen LogP contribution in [-0.2, 0) is 0 Å². The molecule has 1 fully saturated rings. The van der Waals surface area contributed by atoms with E-state index in [1.807, 2.05) is 47.8 Å². The van der Waals surface area contributed by atoms with E-state index < -0.39 is 5.97 Å². The van der Waals surface area contributed by atoms with Crippen molar-refractivity contribution in [3.05, 3.63) is 58.1 Å². The standard InChI is InChI=1S/C17H15BrO3S2/c1-20-15-10-12(17-22-7-8-23-17)5-6-14(15)21-16(19)11-3-2-4-13(18)9-11/h2-6,9-10,17H,7-8H2,1H3. The summed E-state index contributed by atoms with van der Waals surface area (Å²) in [6.07, 6.45) is 0. The molecule has 23 heavy (non-hydrogen) atoms. The first kappa shape index (κ1) is 16.7. The maximum atomic E-state index is 12.3. The Morgan fingerprint density at radius 1 is 1.13 bits per heavy atom. The Hall–Kier alpha value is -1.11. The first-order valence-electron chi connectivity index (χ1n) is 7.06. The van der Waals surface area contributed by atoms with Gasteiger partial charge in [-0.3, -0.25) is 0 Å². The van der Waals surface area contributed by atoms with Gasteiger partial charge in [-0.1, -0.05) is 28.1 Å². The van der Waals surface area contributed by atoms with Crippen LogP contribution in [0.3, 0.4) is 0 Å². The van der Waals surface area contributed by atoms with Crippen LogP contribution in [0.5, 0.6) is 11.5 Å². The summed E-state index contributed by atoms with van der Waals surface area (Å²) in [4.78, 5) is 12.3. The van der Waals surface area contributed by atoms with Crippen molar-refractivity contribution in [2.45, 2.75) is 4.58 Å². The second-order valence-electron chi connectivity index (χ2n) is 4.88. The van der Waals surface area contributed by atoms with Gasteiger partial charge in [0.05, 0.1) is 17.3 Å². The molecule has 120 valence electrons. The first-order chi connectivity index (χ1) is 11.2. The van der Waals surface area contributed by atoms with E-state index in [-0.39, 0.29) is 0 Å². The van der Waals surface area contributed by atoms with Crippen LogP contribution in [0, 0.1) is 0 Å². The predicted octanol–water partition coefficient (Wildman–Crippen LogP) is 5.16. The van der Waals surface area contributed by atoms with Crippen LogP contribution in [-0.4, -0.2) is 24.6 Å². The zero-order valence-electron chi connectivity index (χ0n) is 12.5. The van der Waals surface area contributed by atoms with E-state index >= 15 is 0 Å². The summed E-state index contributed by atoms with van der Waals surface area (Å²) in [6.45, 7) is 0. The summed E-state index contributed by atoms with van der Waals surface area (Å²) in [6, 6.07) is 12.9. The third kappa shape index (κ3) is 4.05. The summed E-state index contributed by atoms with van der Waals surface area (Å²) in [5.74, 6) is 2.95. The summed E-state index contributed by atoms with van der Waals surface area (Å²) >= 11 is 7.21. The van der Waals surface area contributed by atoms with Crippen LogP contribution in [0.4, 0.5) is 0 Å². The van der Waals surface area contributed by atoms with Crippen molar-refractivity contribution in [1.82, 2.24) is 0 Å². The highest BCUT2D eigenvalue weighted by Crippen LogP contribution is 2.47. The number of hydrogen-bond donors (Lipinski definition) is 0. The van der Waals surface area contributed by atoms with Gasteiger partial charge in [-0.2, -0.15) is 0 Å².